The molecule has 1 atom stereocenters. The van der Waals surface area contributed by atoms with Gasteiger partial charge in [-0.15, -0.1) is 0 Å². The first-order valence-electron chi connectivity index (χ1n) is 7.08. The standard InChI is InChI=1S/C18H16ClFO2/c1-2-17(21)16(12-3-7-14(19)8-4-12)11-18(22)13-5-9-15(20)10-6-13/h3-10,16H,2,11H2,1H3. The lowest BCUT2D eigenvalue weighted by Crippen LogP contribution is -2.16. The number of ketones is 2. The lowest BCUT2D eigenvalue weighted by molar-refractivity contribution is -0.120. The average molecular weight is 319 g/mol. The number of hydrogen-bond donors (Lipinski definition) is 0. The number of rotatable bonds is 6. The highest BCUT2D eigenvalue weighted by atomic mass is 35.5. The largest absolute Gasteiger partial charge is 0.299 e. The van der Waals surface area contributed by atoms with E-state index in [2.05, 4.69) is 0 Å². The lowest BCUT2D eigenvalue weighted by atomic mass is 9.87. The number of halogens is 2. The van der Waals surface area contributed by atoms with Crippen LogP contribution in [0.3, 0.4) is 0 Å². The van der Waals surface area contributed by atoms with Crippen LogP contribution in [0.4, 0.5) is 4.39 Å². The van der Waals surface area contributed by atoms with Crippen LogP contribution >= 0.6 is 11.6 Å². The van der Waals surface area contributed by atoms with E-state index >= 15 is 0 Å². The SMILES string of the molecule is CCC(=O)C(CC(=O)c1ccc(F)cc1)c1ccc(Cl)cc1. The zero-order valence-corrected chi connectivity index (χ0v) is 12.9. The second kappa shape index (κ2) is 7.32. The van der Waals surface area contributed by atoms with Crippen LogP contribution in [-0.2, 0) is 4.79 Å². The summed E-state index contributed by atoms with van der Waals surface area (Å²) < 4.78 is 12.9. The van der Waals surface area contributed by atoms with Crippen LogP contribution in [0.2, 0.25) is 5.02 Å². The number of carbonyl (C=O) groups excluding carboxylic acids is 2. The Balaban J connectivity index is 2.23. The van der Waals surface area contributed by atoms with Gasteiger partial charge in [0.05, 0.1) is 0 Å². The van der Waals surface area contributed by atoms with E-state index in [4.69, 9.17) is 11.6 Å². The molecule has 2 aromatic carbocycles. The molecule has 2 nitrogen and oxygen atoms in total. The molecule has 0 N–H and O–H groups in total. The van der Waals surface area contributed by atoms with Gasteiger partial charge in [0.15, 0.2) is 5.78 Å². The first-order valence-corrected chi connectivity index (χ1v) is 7.46. The Kier molecular flexibility index (Phi) is 5.45. The number of hydrogen-bond acceptors (Lipinski definition) is 2. The number of Topliss-reactive ketones (excluding diaryl/α,β-unsaturated/α-hetero) is 2. The number of carbonyl (C=O) groups is 2. The van der Waals surface area contributed by atoms with E-state index in [1.165, 1.54) is 24.3 Å². The van der Waals surface area contributed by atoms with Crippen molar-refractivity contribution < 1.29 is 14.0 Å². The molecule has 1 unspecified atom stereocenters. The maximum Gasteiger partial charge on any atom is 0.163 e. The van der Waals surface area contributed by atoms with E-state index in [1.807, 2.05) is 0 Å². The van der Waals surface area contributed by atoms with Crippen molar-refractivity contribution in [3.05, 3.63) is 70.5 Å². The highest BCUT2D eigenvalue weighted by Gasteiger charge is 2.23. The summed E-state index contributed by atoms with van der Waals surface area (Å²) in [5.74, 6) is -1.07. The molecule has 2 aromatic rings. The van der Waals surface area contributed by atoms with Crippen LogP contribution in [0.1, 0.15) is 41.6 Å². The molecule has 0 bridgehead atoms. The summed E-state index contributed by atoms with van der Waals surface area (Å²) in [4.78, 5) is 24.5. The van der Waals surface area contributed by atoms with Gasteiger partial charge in [0.1, 0.15) is 11.6 Å². The third-order valence-corrected chi connectivity index (χ3v) is 3.82. The Bertz CT molecular complexity index is 662. The van der Waals surface area contributed by atoms with Crippen molar-refractivity contribution in [2.24, 2.45) is 0 Å². The third-order valence-electron chi connectivity index (χ3n) is 3.57. The summed E-state index contributed by atoms with van der Waals surface area (Å²) in [5, 5.41) is 0.580. The van der Waals surface area contributed by atoms with Gasteiger partial charge >= 0.3 is 0 Å². The number of benzene rings is 2. The fourth-order valence-electron chi connectivity index (χ4n) is 2.30. The molecule has 2 rings (SSSR count). The van der Waals surface area contributed by atoms with Crippen molar-refractivity contribution in [3.63, 3.8) is 0 Å². The zero-order valence-electron chi connectivity index (χ0n) is 12.2. The van der Waals surface area contributed by atoms with E-state index in [9.17, 15) is 14.0 Å². The van der Waals surface area contributed by atoms with Gasteiger partial charge in [-0.2, -0.15) is 0 Å². The Hall–Kier alpha value is -2.00. The molecule has 114 valence electrons. The highest BCUT2D eigenvalue weighted by Crippen LogP contribution is 2.25. The molecule has 0 aromatic heterocycles. The minimum atomic E-state index is -0.500. The predicted octanol–water partition coefficient (Wildman–Crippen LogP) is 4.81. The maximum absolute atomic E-state index is 12.9. The van der Waals surface area contributed by atoms with E-state index in [-0.39, 0.29) is 18.0 Å². The zero-order chi connectivity index (χ0) is 16.1. The van der Waals surface area contributed by atoms with Gasteiger partial charge in [-0.3, -0.25) is 9.59 Å². The van der Waals surface area contributed by atoms with E-state index in [1.54, 1.807) is 31.2 Å². The lowest BCUT2D eigenvalue weighted by Gasteiger charge is -2.15. The molecule has 4 heteroatoms. The minimum absolute atomic E-state index is 0.00205. The van der Waals surface area contributed by atoms with Crippen molar-refractivity contribution in [2.45, 2.75) is 25.7 Å². The van der Waals surface area contributed by atoms with Crippen molar-refractivity contribution in [1.82, 2.24) is 0 Å². The molecule has 0 aliphatic rings. The summed E-state index contributed by atoms with van der Waals surface area (Å²) in [7, 11) is 0. The molecular weight excluding hydrogens is 303 g/mol. The molecule has 22 heavy (non-hydrogen) atoms. The summed E-state index contributed by atoms with van der Waals surface area (Å²) in [6, 6.07) is 12.3. The van der Waals surface area contributed by atoms with Gasteiger partial charge in [-0.25, -0.2) is 4.39 Å². The van der Waals surface area contributed by atoms with Gasteiger partial charge in [-0.1, -0.05) is 30.7 Å². The summed E-state index contributed by atoms with van der Waals surface area (Å²) >= 11 is 5.86. The molecular formula is C18H16ClFO2. The highest BCUT2D eigenvalue weighted by molar-refractivity contribution is 6.30. The van der Waals surface area contributed by atoms with Crippen LogP contribution in [0.15, 0.2) is 48.5 Å². The molecule has 0 saturated heterocycles. The average Bonchev–Trinajstić information content (AvgIpc) is 2.53. The molecule has 0 aliphatic carbocycles. The van der Waals surface area contributed by atoms with Crippen molar-refractivity contribution in [3.8, 4) is 0 Å². The van der Waals surface area contributed by atoms with Crippen LogP contribution in [0, 0.1) is 5.82 Å². The van der Waals surface area contributed by atoms with Crippen LogP contribution in [0.25, 0.3) is 0 Å². The van der Waals surface area contributed by atoms with Crippen LogP contribution in [-0.4, -0.2) is 11.6 Å². The van der Waals surface area contributed by atoms with E-state index in [0.717, 1.165) is 5.56 Å². The summed E-state index contributed by atoms with van der Waals surface area (Å²) in [5.41, 5.74) is 1.18. The second-order valence-corrected chi connectivity index (χ2v) is 5.49. The summed E-state index contributed by atoms with van der Waals surface area (Å²) in [6.07, 6.45) is 0.421. The molecule has 0 heterocycles. The predicted molar refractivity (Wildman–Crippen MR) is 84.8 cm³/mol. The van der Waals surface area contributed by atoms with Crippen LogP contribution < -0.4 is 0 Å². The van der Waals surface area contributed by atoms with Gasteiger partial charge in [0.25, 0.3) is 0 Å². The maximum atomic E-state index is 12.9. The Labute approximate surface area is 133 Å². The fraction of sp³-hybridized carbons (Fsp3) is 0.222. The van der Waals surface area contributed by atoms with E-state index in [0.29, 0.717) is 17.0 Å². The monoisotopic (exact) mass is 318 g/mol. The third kappa shape index (κ3) is 4.01. The molecule has 0 aliphatic heterocycles. The topological polar surface area (TPSA) is 34.1 Å². The molecule has 0 amide bonds. The van der Waals surface area contributed by atoms with Gasteiger partial charge in [0, 0.05) is 29.3 Å². The summed E-state index contributed by atoms with van der Waals surface area (Å²) in [6.45, 7) is 1.77. The van der Waals surface area contributed by atoms with Gasteiger partial charge in [0.2, 0.25) is 0 Å². The molecule has 0 radical (unpaired) electrons. The fourth-order valence-corrected chi connectivity index (χ4v) is 2.42. The minimum Gasteiger partial charge on any atom is -0.299 e. The van der Waals surface area contributed by atoms with Gasteiger partial charge < -0.3 is 0 Å². The normalized spacial score (nSPS) is 12.0. The Morgan fingerprint density at radius 2 is 1.64 bits per heavy atom. The van der Waals surface area contributed by atoms with Crippen LogP contribution in [0.5, 0.6) is 0 Å². The second-order valence-electron chi connectivity index (χ2n) is 5.06. The molecule has 0 spiro atoms. The first kappa shape index (κ1) is 16.4. The van der Waals surface area contributed by atoms with Crippen molar-refractivity contribution in [2.75, 3.05) is 0 Å². The molecule has 0 fully saturated rings. The molecule has 0 saturated carbocycles. The Morgan fingerprint density at radius 3 is 2.18 bits per heavy atom. The Morgan fingerprint density at radius 1 is 1.05 bits per heavy atom. The quantitative estimate of drug-likeness (QED) is 0.716. The smallest absolute Gasteiger partial charge is 0.163 e. The first-order chi connectivity index (χ1) is 10.5. The van der Waals surface area contributed by atoms with E-state index < -0.39 is 11.7 Å². The van der Waals surface area contributed by atoms with Gasteiger partial charge in [-0.05, 0) is 42.0 Å². The van der Waals surface area contributed by atoms with Crippen molar-refractivity contribution in [1.29, 1.82) is 0 Å². The van der Waals surface area contributed by atoms with Crippen molar-refractivity contribution >= 4 is 23.2 Å².